The van der Waals surface area contributed by atoms with Gasteiger partial charge >= 0.3 is 0 Å². The average molecular weight is 413 g/mol. The summed E-state index contributed by atoms with van der Waals surface area (Å²) >= 11 is 1.62. The molecule has 0 saturated carbocycles. The summed E-state index contributed by atoms with van der Waals surface area (Å²) < 4.78 is 5.26. The highest BCUT2D eigenvalue weighted by molar-refractivity contribution is 8.03. The second kappa shape index (κ2) is 10.7. The Kier molecular flexibility index (Phi) is 7.77. The van der Waals surface area contributed by atoms with Crippen molar-refractivity contribution in [1.82, 2.24) is 15.3 Å². The van der Waals surface area contributed by atoms with E-state index >= 15 is 0 Å². The number of anilines is 2. The quantitative estimate of drug-likeness (QED) is 0.451. The van der Waals surface area contributed by atoms with Gasteiger partial charge in [-0.05, 0) is 30.7 Å². The molecule has 1 saturated heterocycles. The molecule has 0 radical (unpaired) electrons. The van der Waals surface area contributed by atoms with E-state index in [1.807, 2.05) is 49.4 Å². The van der Waals surface area contributed by atoms with Crippen LogP contribution < -0.4 is 26.0 Å². The lowest BCUT2D eigenvalue weighted by molar-refractivity contribution is 0.414. The van der Waals surface area contributed by atoms with Gasteiger partial charge in [0.2, 0.25) is 0 Å². The molecule has 4 N–H and O–H groups in total. The number of piperazine rings is 1. The van der Waals surface area contributed by atoms with E-state index in [2.05, 4.69) is 25.5 Å². The van der Waals surface area contributed by atoms with Crippen molar-refractivity contribution in [2.75, 3.05) is 49.4 Å². The summed E-state index contributed by atoms with van der Waals surface area (Å²) in [6, 6.07) is 9.91. The van der Waals surface area contributed by atoms with Crippen molar-refractivity contribution in [1.29, 1.82) is 0 Å². The molecule has 154 valence electrons. The summed E-state index contributed by atoms with van der Waals surface area (Å²) in [6.07, 6.45) is 5.63. The summed E-state index contributed by atoms with van der Waals surface area (Å²) in [5.41, 5.74) is 6.85. The summed E-state index contributed by atoms with van der Waals surface area (Å²) in [4.78, 5) is 12.3. The number of nitrogens with zero attached hydrogens (tertiary/aromatic N) is 3. The lowest BCUT2D eigenvalue weighted by atomic mass is 10.2. The van der Waals surface area contributed by atoms with Gasteiger partial charge in [0.05, 0.1) is 13.0 Å². The lowest BCUT2D eigenvalue weighted by Crippen LogP contribution is -2.44. The molecule has 7 nitrogen and oxygen atoms in total. The number of rotatable bonds is 8. The number of aromatic nitrogens is 2. The Morgan fingerprint density at radius 1 is 1.31 bits per heavy atom. The molecule has 1 fully saturated rings. The van der Waals surface area contributed by atoms with Gasteiger partial charge < -0.3 is 26.0 Å². The second-order valence-corrected chi connectivity index (χ2v) is 7.59. The van der Waals surface area contributed by atoms with Crippen LogP contribution in [-0.4, -0.2) is 49.1 Å². The number of nitrogens with one attached hydrogen (secondary N) is 2. The van der Waals surface area contributed by atoms with Gasteiger partial charge in [-0.3, -0.25) is 0 Å². The first kappa shape index (κ1) is 21.0. The largest absolute Gasteiger partial charge is 0.497 e. The summed E-state index contributed by atoms with van der Waals surface area (Å²) in [5, 5.41) is 6.73. The topological polar surface area (TPSA) is 88.3 Å². The molecule has 1 aliphatic heterocycles. The molecule has 0 atom stereocenters. The van der Waals surface area contributed by atoms with Crippen LogP contribution in [0.4, 0.5) is 11.6 Å². The summed E-state index contributed by atoms with van der Waals surface area (Å²) in [5.74, 6) is 4.05. The van der Waals surface area contributed by atoms with Crippen LogP contribution in [0, 0.1) is 6.92 Å². The minimum atomic E-state index is 0.656. The lowest BCUT2D eigenvalue weighted by Gasteiger charge is -2.28. The van der Waals surface area contributed by atoms with E-state index in [0.717, 1.165) is 59.9 Å². The van der Waals surface area contributed by atoms with Crippen molar-refractivity contribution < 1.29 is 4.74 Å². The minimum Gasteiger partial charge on any atom is -0.497 e. The second-order valence-electron chi connectivity index (χ2n) is 6.54. The SMILES string of the molecule is COc1cccc(/C=C/C(=C/N)SCNc2cc(N3CCNCC3)nc(C)n2)c1. The van der Waals surface area contributed by atoms with Crippen molar-refractivity contribution in [2.24, 2.45) is 5.73 Å². The van der Waals surface area contributed by atoms with Gasteiger partial charge in [0, 0.05) is 43.4 Å². The summed E-state index contributed by atoms with van der Waals surface area (Å²) in [7, 11) is 1.66. The van der Waals surface area contributed by atoms with Gasteiger partial charge in [-0.2, -0.15) is 0 Å². The highest BCUT2D eigenvalue weighted by Crippen LogP contribution is 2.21. The first-order valence-electron chi connectivity index (χ1n) is 9.60. The highest BCUT2D eigenvalue weighted by Gasteiger charge is 2.13. The maximum Gasteiger partial charge on any atom is 0.134 e. The molecular weight excluding hydrogens is 384 g/mol. The first-order valence-corrected chi connectivity index (χ1v) is 10.6. The number of nitrogens with two attached hydrogens (primary N) is 1. The Labute approximate surface area is 176 Å². The summed E-state index contributed by atoms with van der Waals surface area (Å²) in [6.45, 7) is 5.80. The van der Waals surface area contributed by atoms with E-state index in [4.69, 9.17) is 10.5 Å². The van der Waals surface area contributed by atoms with Crippen molar-refractivity contribution in [3.05, 3.63) is 58.9 Å². The van der Waals surface area contributed by atoms with E-state index in [-0.39, 0.29) is 0 Å². The van der Waals surface area contributed by atoms with Gasteiger partial charge in [-0.1, -0.05) is 18.2 Å². The molecular formula is C21H28N6OS. The molecule has 0 aliphatic carbocycles. The number of allylic oxidation sites excluding steroid dienone is 1. The molecule has 2 aromatic rings. The van der Waals surface area contributed by atoms with Crippen LogP contribution in [0.15, 0.2) is 47.5 Å². The monoisotopic (exact) mass is 412 g/mol. The van der Waals surface area contributed by atoms with Gasteiger partial charge in [-0.15, -0.1) is 11.8 Å². The Balaban J connectivity index is 1.56. The van der Waals surface area contributed by atoms with E-state index in [9.17, 15) is 0 Å². The predicted molar refractivity (Wildman–Crippen MR) is 122 cm³/mol. The fourth-order valence-electron chi connectivity index (χ4n) is 2.97. The molecule has 29 heavy (non-hydrogen) atoms. The minimum absolute atomic E-state index is 0.656. The predicted octanol–water partition coefficient (Wildman–Crippen LogP) is 2.82. The normalized spacial score (nSPS) is 15.0. The van der Waals surface area contributed by atoms with E-state index in [1.165, 1.54) is 0 Å². The zero-order valence-corrected chi connectivity index (χ0v) is 17.7. The molecule has 3 rings (SSSR count). The number of methoxy groups -OCH3 is 1. The van der Waals surface area contributed by atoms with E-state index in [1.54, 1.807) is 25.1 Å². The van der Waals surface area contributed by atoms with Crippen LogP contribution in [0.25, 0.3) is 6.08 Å². The smallest absolute Gasteiger partial charge is 0.134 e. The number of hydrogen-bond donors (Lipinski definition) is 3. The molecule has 1 aliphatic rings. The van der Waals surface area contributed by atoms with E-state index < -0.39 is 0 Å². The maximum atomic E-state index is 5.79. The number of ether oxygens (including phenoxy) is 1. The van der Waals surface area contributed by atoms with Gasteiger partial charge in [-0.25, -0.2) is 9.97 Å². The zero-order valence-electron chi connectivity index (χ0n) is 16.9. The average Bonchev–Trinajstić information content (AvgIpc) is 2.76. The van der Waals surface area contributed by atoms with Crippen LogP contribution in [0.1, 0.15) is 11.4 Å². The fraction of sp³-hybridized carbons (Fsp3) is 0.333. The van der Waals surface area contributed by atoms with Crippen molar-refractivity contribution in [2.45, 2.75) is 6.92 Å². The van der Waals surface area contributed by atoms with Crippen LogP contribution >= 0.6 is 11.8 Å². The molecule has 8 heteroatoms. The van der Waals surface area contributed by atoms with Gasteiger partial charge in [0.25, 0.3) is 0 Å². The third kappa shape index (κ3) is 6.40. The fourth-order valence-corrected chi connectivity index (χ4v) is 3.61. The van der Waals surface area contributed by atoms with Gasteiger partial charge in [0.15, 0.2) is 0 Å². The Morgan fingerprint density at radius 3 is 2.90 bits per heavy atom. The Bertz CT molecular complexity index is 864. The van der Waals surface area contributed by atoms with Crippen LogP contribution in [-0.2, 0) is 0 Å². The zero-order chi connectivity index (χ0) is 20.5. The van der Waals surface area contributed by atoms with Crippen LogP contribution in [0.3, 0.4) is 0 Å². The first-order chi connectivity index (χ1) is 14.2. The van der Waals surface area contributed by atoms with Crippen molar-refractivity contribution >= 4 is 29.5 Å². The van der Waals surface area contributed by atoms with Crippen molar-refractivity contribution in [3.63, 3.8) is 0 Å². The molecule has 2 heterocycles. The molecule has 0 unspecified atom stereocenters. The molecule has 0 bridgehead atoms. The number of hydrogen-bond acceptors (Lipinski definition) is 8. The van der Waals surface area contributed by atoms with Crippen LogP contribution in [0.2, 0.25) is 0 Å². The number of benzene rings is 1. The number of aryl methyl sites for hydroxylation is 1. The molecule has 1 aromatic heterocycles. The van der Waals surface area contributed by atoms with Gasteiger partial charge in [0.1, 0.15) is 23.2 Å². The molecule has 0 amide bonds. The third-order valence-corrected chi connectivity index (χ3v) is 5.35. The maximum absolute atomic E-state index is 5.79. The number of thioether (sulfide) groups is 1. The standard InChI is InChI=1S/C21H28N6OS/c1-16-25-20(13-21(26-16)27-10-8-23-9-11-27)24-15-29-19(14-22)7-6-17-4-3-5-18(12-17)28-2/h3-7,12-14,23H,8-11,15,22H2,1-2H3,(H,24,25,26)/b7-6+,19-14-. The third-order valence-electron chi connectivity index (χ3n) is 4.46. The van der Waals surface area contributed by atoms with E-state index in [0.29, 0.717) is 5.88 Å². The van der Waals surface area contributed by atoms with Crippen LogP contribution in [0.5, 0.6) is 5.75 Å². The highest BCUT2D eigenvalue weighted by atomic mass is 32.2. The molecule has 1 aromatic carbocycles. The Morgan fingerprint density at radius 2 is 2.14 bits per heavy atom. The van der Waals surface area contributed by atoms with Crippen molar-refractivity contribution in [3.8, 4) is 5.75 Å². The molecule has 0 spiro atoms. The Hall–Kier alpha value is -2.71.